The monoisotopic (exact) mass is 296 g/mol. The maximum atomic E-state index is 12.4. The lowest BCUT2D eigenvalue weighted by molar-refractivity contribution is 0.413. The van der Waals surface area contributed by atoms with Gasteiger partial charge in [-0.1, -0.05) is 6.07 Å². The van der Waals surface area contributed by atoms with E-state index in [-0.39, 0.29) is 5.56 Å². The van der Waals surface area contributed by atoms with E-state index in [0.717, 1.165) is 15.6 Å². The van der Waals surface area contributed by atoms with Gasteiger partial charge in [0.05, 0.1) is 24.6 Å². The van der Waals surface area contributed by atoms with Crippen molar-refractivity contribution in [2.24, 2.45) is 0 Å². The van der Waals surface area contributed by atoms with Gasteiger partial charge in [0.1, 0.15) is 11.8 Å². The zero-order chi connectivity index (χ0) is 14.8. The van der Waals surface area contributed by atoms with Gasteiger partial charge in [-0.25, -0.2) is 0 Å². The highest BCUT2D eigenvalue weighted by molar-refractivity contribution is 7.17. The zero-order valence-electron chi connectivity index (χ0n) is 11.4. The van der Waals surface area contributed by atoms with E-state index in [4.69, 9.17) is 10.00 Å². The molecule has 0 bridgehead atoms. The Morgan fingerprint density at radius 3 is 2.95 bits per heavy atom. The van der Waals surface area contributed by atoms with E-state index in [2.05, 4.69) is 6.07 Å². The predicted octanol–water partition coefficient (Wildman–Crippen LogP) is 2.99. The molecule has 5 heteroatoms. The van der Waals surface area contributed by atoms with E-state index < -0.39 is 0 Å². The first-order valence-corrected chi connectivity index (χ1v) is 7.24. The minimum Gasteiger partial charge on any atom is -0.495 e. The van der Waals surface area contributed by atoms with Crippen LogP contribution in [0.25, 0.3) is 10.1 Å². The quantitative estimate of drug-likeness (QED) is 0.746. The third-order valence-corrected chi connectivity index (χ3v) is 4.21. The number of methoxy groups -OCH3 is 1. The summed E-state index contributed by atoms with van der Waals surface area (Å²) in [4.78, 5) is 12.4. The first-order valence-electron chi connectivity index (χ1n) is 6.36. The molecular weight excluding hydrogens is 284 g/mol. The molecule has 2 aromatic heterocycles. The van der Waals surface area contributed by atoms with Gasteiger partial charge in [0, 0.05) is 10.9 Å². The van der Waals surface area contributed by atoms with Gasteiger partial charge in [-0.2, -0.15) is 5.26 Å². The highest BCUT2D eigenvalue weighted by Gasteiger charge is 2.07. The lowest BCUT2D eigenvalue weighted by Crippen LogP contribution is -2.19. The maximum Gasteiger partial charge on any atom is 0.259 e. The molecule has 3 rings (SSSR count). The van der Waals surface area contributed by atoms with Crippen LogP contribution in [0.1, 0.15) is 11.1 Å². The molecule has 1 aromatic carbocycles. The largest absolute Gasteiger partial charge is 0.495 e. The van der Waals surface area contributed by atoms with Crippen molar-refractivity contribution in [3.05, 3.63) is 63.4 Å². The molecule has 0 fully saturated rings. The van der Waals surface area contributed by atoms with Crippen molar-refractivity contribution >= 4 is 21.4 Å². The Hall–Kier alpha value is -2.58. The SMILES string of the molecule is COc1cc(Cn2ccc3sccc3c2=O)ccc1C#N. The fraction of sp³-hybridized carbons (Fsp3) is 0.125. The molecule has 0 atom stereocenters. The van der Waals surface area contributed by atoms with E-state index in [1.54, 1.807) is 34.2 Å². The molecular formula is C16H12N2O2S. The molecule has 0 radical (unpaired) electrons. The van der Waals surface area contributed by atoms with Gasteiger partial charge >= 0.3 is 0 Å². The third-order valence-electron chi connectivity index (χ3n) is 3.33. The average Bonchev–Trinajstić information content (AvgIpc) is 2.99. The van der Waals surface area contributed by atoms with Crippen LogP contribution < -0.4 is 10.3 Å². The smallest absolute Gasteiger partial charge is 0.259 e. The van der Waals surface area contributed by atoms with Gasteiger partial charge in [0.15, 0.2) is 0 Å². The fourth-order valence-corrected chi connectivity index (χ4v) is 3.03. The third kappa shape index (κ3) is 2.41. The summed E-state index contributed by atoms with van der Waals surface area (Å²) in [5, 5.41) is 11.6. The van der Waals surface area contributed by atoms with Crippen molar-refractivity contribution < 1.29 is 4.74 Å². The summed E-state index contributed by atoms with van der Waals surface area (Å²) in [6, 6.07) is 11.2. The van der Waals surface area contributed by atoms with Crippen LogP contribution in [0.3, 0.4) is 0 Å². The van der Waals surface area contributed by atoms with Crippen LogP contribution in [0.4, 0.5) is 0 Å². The van der Waals surface area contributed by atoms with Gasteiger partial charge in [0.25, 0.3) is 5.56 Å². The van der Waals surface area contributed by atoms with E-state index in [9.17, 15) is 4.79 Å². The predicted molar refractivity (Wildman–Crippen MR) is 82.9 cm³/mol. The Labute approximate surface area is 125 Å². The molecule has 0 aliphatic heterocycles. The number of nitrogens with zero attached hydrogens (tertiary/aromatic N) is 2. The molecule has 0 aliphatic carbocycles. The van der Waals surface area contributed by atoms with Gasteiger partial charge in [0.2, 0.25) is 0 Å². The van der Waals surface area contributed by atoms with Crippen molar-refractivity contribution in [3.8, 4) is 11.8 Å². The van der Waals surface area contributed by atoms with Crippen LogP contribution in [0.5, 0.6) is 5.75 Å². The van der Waals surface area contributed by atoms with Crippen LogP contribution >= 0.6 is 11.3 Å². The Kier molecular flexibility index (Phi) is 3.46. The van der Waals surface area contributed by atoms with Gasteiger partial charge < -0.3 is 9.30 Å². The molecule has 0 saturated carbocycles. The number of pyridine rings is 1. The summed E-state index contributed by atoms with van der Waals surface area (Å²) in [6.45, 7) is 0.451. The second kappa shape index (κ2) is 5.43. The van der Waals surface area contributed by atoms with Crippen LogP contribution in [-0.4, -0.2) is 11.7 Å². The molecule has 0 aliphatic rings. The summed E-state index contributed by atoms with van der Waals surface area (Å²) in [5.74, 6) is 0.527. The Morgan fingerprint density at radius 1 is 1.33 bits per heavy atom. The van der Waals surface area contributed by atoms with Crippen molar-refractivity contribution in [3.63, 3.8) is 0 Å². The van der Waals surface area contributed by atoms with Crippen molar-refractivity contribution in [2.75, 3.05) is 7.11 Å². The Balaban J connectivity index is 2.01. The van der Waals surface area contributed by atoms with Gasteiger partial charge in [-0.3, -0.25) is 4.79 Å². The number of fused-ring (bicyclic) bond motifs is 1. The molecule has 21 heavy (non-hydrogen) atoms. The standard InChI is InChI=1S/C16H12N2O2S/c1-20-14-8-11(2-3-12(14)9-17)10-18-6-4-15-13(16(18)19)5-7-21-15/h2-8H,10H2,1H3. The van der Waals surface area contributed by atoms with Crippen LogP contribution in [0, 0.1) is 11.3 Å². The van der Waals surface area contributed by atoms with Crippen LogP contribution in [-0.2, 0) is 6.54 Å². The highest BCUT2D eigenvalue weighted by Crippen LogP contribution is 2.20. The van der Waals surface area contributed by atoms with Crippen LogP contribution in [0.2, 0.25) is 0 Å². The van der Waals surface area contributed by atoms with Gasteiger partial charge in [-0.05, 0) is 35.2 Å². The summed E-state index contributed by atoms with van der Waals surface area (Å²) < 4.78 is 7.85. The topological polar surface area (TPSA) is 55.0 Å². The zero-order valence-corrected chi connectivity index (χ0v) is 12.2. The Morgan fingerprint density at radius 2 is 2.19 bits per heavy atom. The average molecular weight is 296 g/mol. The van der Waals surface area contributed by atoms with E-state index >= 15 is 0 Å². The minimum absolute atomic E-state index is 0.00271. The summed E-state index contributed by atoms with van der Waals surface area (Å²) >= 11 is 1.56. The number of rotatable bonds is 3. The maximum absolute atomic E-state index is 12.4. The lowest BCUT2D eigenvalue weighted by Gasteiger charge is -2.08. The summed E-state index contributed by atoms with van der Waals surface area (Å²) in [5.41, 5.74) is 1.40. The number of hydrogen-bond donors (Lipinski definition) is 0. The van der Waals surface area contributed by atoms with E-state index in [0.29, 0.717) is 17.9 Å². The molecule has 104 valence electrons. The molecule has 2 heterocycles. The molecule has 4 nitrogen and oxygen atoms in total. The molecule has 0 spiro atoms. The first-order chi connectivity index (χ1) is 10.2. The van der Waals surface area contributed by atoms with Gasteiger partial charge in [-0.15, -0.1) is 11.3 Å². The second-order valence-electron chi connectivity index (χ2n) is 4.59. The second-order valence-corrected chi connectivity index (χ2v) is 5.54. The highest BCUT2D eigenvalue weighted by atomic mass is 32.1. The number of benzene rings is 1. The number of thiophene rings is 1. The minimum atomic E-state index is -0.00271. The first kappa shape index (κ1) is 13.4. The fourth-order valence-electron chi connectivity index (χ4n) is 2.25. The summed E-state index contributed by atoms with van der Waals surface area (Å²) in [7, 11) is 1.53. The van der Waals surface area contributed by atoms with Crippen molar-refractivity contribution in [1.82, 2.24) is 4.57 Å². The van der Waals surface area contributed by atoms with Crippen molar-refractivity contribution in [2.45, 2.75) is 6.54 Å². The van der Waals surface area contributed by atoms with Crippen LogP contribution in [0.15, 0.2) is 46.7 Å². The number of hydrogen-bond acceptors (Lipinski definition) is 4. The number of ether oxygens (including phenoxy) is 1. The Bertz CT molecular complexity index is 903. The lowest BCUT2D eigenvalue weighted by atomic mass is 10.1. The summed E-state index contributed by atoms with van der Waals surface area (Å²) in [6.07, 6.45) is 1.80. The molecule has 3 aromatic rings. The van der Waals surface area contributed by atoms with E-state index in [1.165, 1.54) is 7.11 Å². The number of aromatic nitrogens is 1. The molecule has 0 amide bonds. The molecule has 0 unspecified atom stereocenters. The normalized spacial score (nSPS) is 10.5. The molecule has 0 saturated heterocycles. The van der Waals surface area contributed by atoms with E-state index in [1.807, 2.05) is 23.6 Å². The molecule has 0 N–H and O–H groups in total. The van der Waals surface area contributed by atoms with Crippen molar-refractivity contribution in [1.29, 1.82) is 5.26 Å². The number of nitriles is 1.